The Bertz CT molecular complexity index is 760. The molecule has 18 heavy (non-hydrogen) atoms. The standard InChI is InChI=1S/C15H11NO2/c16-13-8-4-7-11-12(13)9-14(18-15(11)17)10-5-2-1-3-6-10/h1-9H,16H2. The van der Waals surface area contributed by atoms with Crippen LogP contribution in [0.3, 0.4) is 0 Å². The molecule has 1 heterocycles. The van der Waals surface area contributed by atoms with Crippen LogP contribution in [0.1, 0.15) is 0 Å². The summed E-state index contributed by atoms with van der Waals surface area (Å²) in [4.78, 5) is 11.9. The highest BCUT2D eigenvalue weighted by atomic mass is 16.4. The maximum Gasteiger partial charge on any atom is 0.344 e. The molecule has 0 unspecified atom stereocenters. The number of anilines is 1. The summed E-state index contributed by atoms with van der Waals surface area (Å²) < 4.78 is 5.32. The fourth-order valence-corrected chi connectivity index (χ4v) is 1.98. The molecule has 0 saturated heterocycles. The molecular formula is C15H11NO2. The summed E-state index contributed by atoms with van der Waals surface area (Å²) >= 11 is 0. The van der Waals surface area contributed by atoms with Crippen LogP contribution >= 0.6 is 0 Å². The summed E-state index contributed by atoms with van der Waals surface area (Å²) in [6, 6.07) is 16.5. The molecule has 3 heteroatoms. The molecule has 0 radical (unpaired) electrons. The van der Waals surface area contributed by atoms with E-state index in [0.717, 1.165) is 10.9 Å². The molecule has 0 spiro atoms. The van der Waals surface area contributed by atoms with Crippen LogP contribution in [0, 0.1) is 0 Å². The molecular weight excluding hydrogens is 226 g/mol. The minimum atomic E-state index is -0.362. The minimum absolute atomic E-state index is 0.362. The maximum absolute atomic E-state index is 11.9. The lowest BCUT2D eigenvalue weighted by atomic mass is 10.1. The maximum atomic E-state index is 11.9. The topological polar surface area (TPSA) is 56.2 Å². The summed E-state index contributed by atoms with van der Waals surface area (Å²) in [7, 11) is 0. The van der Waals surface area contributed by atoms with Gasteiger partial charge in [-0.2, -0.15) is 0 Å². The van der Waals surface area contributed by atoms with E-state index in [2.05, 4.69) is 0 Å². The summed E-state index contributed by atoms with van der Waals surface area (Å²) in [6.45, 7) is 0. The predicted molar refractivity (Wildman–Crippen MR) is 72.3 cm³/mol. The van der Waals surface area contributed by atoms with Gasteiger partial charge in [-0.1, -0.05) is 36.4 Å². The Balaban J connectivity index is 2.34. The third-order valence-electron chi connectivity index (χ3n) is 2.90. The normalized spacial score (nSPS) is 10.7. The molecule has 1 aromatic heterocycles. The fourth-order valence-electron chi connectivity index (χ4n) is 1.98. The van der Waals surface area contributed by atoms with Gasteiger partial charge in [0.15, 0.2) is 0 Å². The van der Waals surface area contributed by atoms with Gasteiger partial charge in [0.2, 0.25) is 0 Å². The molecule has 2 aromatic carbocycles. The molecule has 2 N–H and O–H groups in total. The summed E-state index contributed by atoms with van der Waals surface area (Å²) in [5.41, 5.74) is 6.97. The van der Waals surface area contributed by atoms with E-state index in [0.29, 0.717) is 16.8 Å². The molecule has 0 saturated carbocycles. The molecule has 0 aliphatic rings. The summed E-state index contributed by atoms with van der Waals surface area (Å²) in [5, 5.41) is 1.24. The van der Waals surface area contributed by atoms with Gasteiger partial charge in [-0.25, -0.2) is 4.79 Å². The van der Waals surface area contributed by atoms with E-state index in [-0.39, 0.29) is 5.63 Å². The predicted octanol–water partition coefficient (Wildman–Crippen LogP) is 3.04. The van der Waals surface area contributed by atoms with E-state index in [1.165, 1.54) is 0 Å². The Hall–Kier alpha value is -2.55. The van der Waals surface area contributed by atoms with Crippen molar-refractivity contribution in [2.75, 3.05) is 5.73 Å². The average molecular weight is 237 g/mol. The Morgan fingerprint density at radius 2 is 1.67 bits per heavy atom. The molecule has 3 rings (SSSR count). The van der Waals surface area contributed by atoms with Crippen LogP contribution in [0.5, 0.6) is 0 Å². The van der Waals surface area contributed by atoms with Crippen molar-refractivity contribution in [3.8, 4) is 11.3 Å². The van der Waals surface area contributed by atoms with E-state index in [1.54, 1.807) is 24.3 Å². The van der Waals surface area contributed by atoms with Gasteiger partial charge in [0, 0.05) is 16.6 Å². The smallest absolute Gasteiger partial charge is 0.344 e. The number of benzene rings is 2. The highest BCUT2D eigenvalue weighted by molar-refractivity contribution is 5.93. The number of hydrogen-bond acceptors (Lipinski definition) is 3. The lowest BCUT2D eigenvalue weighted by Crippen LogP contribution is -2.01. The molecule has 0 atom stereocenters. The number of hydrogen-bond donors (Lipinski definition) is 1. The van der Waals surface area contributed by atoms with Gasteiger partial charge >= 0.3 is 5.63 Å². The minimum Gasteiger partial charge on any atom is -0.422 e. The van der Waals surface area contributed by atoms with Crippen molar-refractivity contribution in [3.05, 3.63) is 65.0 Å². The summed E-state index contributed by atoms with van der Waals surface area (Å²) in [5.74, 6) is 0.533. The Labute approximate surface area is 103 Å². The third kappa shape index (κ3) is 1.66. The quantitative estimate of drug-likeness (QED) is 0.662. The van der Waals surface area contributed by atoms with Gasteiger partial charge in [-0.05, 0) is 18.2 Å². The Morgan fingerprint density at radius 1 is 0.889 bits per heavy atom. The average Bonchev–Trinajstić information content (AvgIpc) is 2.41. The van der Waals surface area contributed by atoms with Crippen LogP contribution in [-0.2, 0) is 0 Å². The fraction of sp³-hybridized carbons (Fsp3) is 0. The molecule has 0 aliphatic carbocycles. The second-order valence-corrected chi connectivity index (χ2v) is 4.07. The van der Waals surface area contributed by atoms with Crippen LogP contribution < -0.4 is 11.4 Å². The first kappa shape index (κ1) is 10.6. The van der Waals surface area contributed by atoms with E-state index < -0.39 is 0 Å². The second-order valence-electron chi connectivity index (χ2n) is 4.07. The van der Waals surface area contributed by atoms with E-state index in [4.69, 9.17) is 10.2 Å². The second kappa shape index (κ2) is 4.04. The van der Waals surface area contributed by atoms with Crippen molar-refractivity contribution >= 4 is 16.5 Å². The molecule has 0 aliphatic heterocycles. The Morgan fingerprint density at radius 3 is 2.44 bits per heavy atom. The highest BCUT2D eigenvalue weighted by Crippen LogP contribution is 2.24. The van der Waals surface area contributed by atoms with Gasteiger partial charge in [0.25, 0.3) is 0 Å². The SMILES string of the molecule is Nc1cccc2c(=O)oc(-c3ccccc3)cc12. The molecule has 88 valence electrons. The van der Waals surface area contributed by atoms with Crippen LogP contribution in [0.2, 0.25) is 0 Å². The number of nitrogens with two attached hydrogens (primary N) is 1. The molecule has 0 bridgehead atoms. The van der Waals surface area contributed by atoms with Crippen molar-refractivity contribution < 1.29 is 4.42 Å². The highest BCUT2D eigenvalue weighted by Gasteiger charge is 2.07. The van der Waals surface area contributed by atoms with Crippen LogP contribution in [0.15, 0.2) is 63.8 Å². The monoisotopic (exact) mass is 237 g/mol. The zero-order valence-corrected chi connectivity index (χ0v) is 9.59. The lowest BCUT2D eigenvalue weighted by molar-refractivity contribution is 0.535. The third-order valence-corrected chi connectivity index (χ3v) is 2.90. The van der Waals surface area contributed by atoms with Gasteiger partial charge < -0.3 is 10.2 Å². The first-order valence-electron chi connectivity index (χ1n) is 5.63. The van der Waals surface area contributed by atoms with Crippen molar-refractivity contribution in [2.24, 2.45) is 0 Å². The largest absolute Gasteiger partial charge is 0.422 e. The molecule has 0 amide bonds. The zero-order valence-electron chi connectivity index (χ0n) is 9.59. The zero-order chi connectivity index (χ0) is 12.5. The number of rotatable bonds is 1. The van der Waals surface area contributed by atoms with E-state index in [9.17, 15) is 4.79 Å². The van der Waals surface area contributed by atoms with Crippen molar-refractivity contribution in [1.29, 1.82) is 0 Å². The molecule has 3 aromatic rings. The first-order chi connectivity index (χ1) is 8.75. The number of fused-ring (bicyclic) bond motifs is 1. The van der Waals surface area contributed by atoms with Gasteiger partial charge in [-0.15, -0.1) is 0 Å². The molecule has 3 nitrogen and oxygen atoms in total. The van der Waals surface area contributed by atoms with Crippen molar-refractivity contribution in [1.82, 2.24) is 0 Å². The van der Waals surface area contributed by atoms with Gasteiger partial charge in [0.1, 0.15) is 5.76 Å². The Kier molecular flexibility index (Phi) is 2.38. The van der Waals surface area contributed by atoms with Crippen LogP contribution in [0.4, 0.5) is 5.69 Å². The van der Waals surface area contributed by atoms with Crippen LogP contribution in [0.25, 0.3) is 22.1 Å². The van der Waals surface area contributed by atoms with Gasteiger partial charge in [-0.3, -0.25) is 0 Å². The van der Waals surface area contributed by atoms with E-state index in [1.807, 2.05) is 30.3 Å². The number of nitrogen functional groups attached to an aromatic ring is 1. The van der Waals surface area contributed by atoms with E-state index >= 15 is 0 Å². The van der Waals surface area contributed by atoms with Crippen LogP contribution in [-0.4, -0.2) is 0 Å². The van der Waals surface area contributed by atoms with Gasteiger partial charge in [0.05, 0.1) is 5.39 Å². The lowest BCUT2D eigenvalue weighted by Gasteiger charge is -2.04. The summed E-state index contributed by atoms with van der Waals surface area (Å²) in [6.07, 6.45) is 0. The van der Waals surface area contributed by atoms with Crippen molar-refractivity contribution in [3.63, 3.8) is 0 Å². The molecule has 0 fully saturated rings. The van der Waals surface area contributed by atoms with Crippen molar-refractivity contribution in [2.45, 2.75) is 0 Å². The first-order valence-corrected chi connectivity index (χ1v) is 5.63.